The molecule has 0 amide bonds. The van der Waals surface area contributed by atoms with Crippen LogP contribution in [0.15, 0.2) is 97.1 Å². The van der Waals surface area contributed by atoms with Crippen LogP contribution in [0.2, 0.25) is 7.25 Å². The van der Waals surface area contributed by atoms with E-state index in [1.54, 1.807) is 36.4 Å². The van der Waals surface area contributed by atoms with Gasteiger partial charge in [0.05, 0.1) is 0 Å². The molecule has 4 aliphatic rings. The van der Waals surface area contributed by atoms with Gasteiger partial charge in [0.25, 0.3) is 0 Å². The summed E-state index contributed by atoms with van der Waals surface area (Å²) < 4.78 is 14.4. The minimum absolute atomic E-state index is 0.0272. The Morgan fingerprint density at radius 3 is 1.46 bits per heavy atom. The summed E-state index contributed by atoms with van der Waals surface area (Å²) in [6.45, 7) is 4.46. The monoisotopic (exact) mass is 632 g/mol. The summed E-state index contributed by atoms with van der Waals surface area (Å²) in [6.07, 6.45) is 19.2. The van der Waals surface area contributed by atoms with Crippen molar-refractivity contribution in [2.24, 2.45) is 35.5 Å². The molecule has 2 aromatic rings. The molecule has 9 heteroatoms. The van der Waals surface area contributed by atoms with E-state index in [0.717, 1.165) is 12.8 Å². The average molecular weight is 634 g/mol. The number of hydrogen-bond donors (Lipinski definition) is 0. The van der Waals surface area contributed by atoms with E-state index in [4.69, 9.17) is 5.63 Å². The second-order valence-electron chi connectivity index (χ2n) is 11.9. The molecule has 2 saturated carbocycles. The topological polar surface area (TPSA) is 105 Å². The third-order valence-corrected chi connectivity index (χ3v) is 21.4. The van der Waals surface area contributed by atoms with E-state index in [1.807, 2.05) is 0 Å². The Morgan fingerprint density at radius 1 is 0.659 bits per heavy atom. The van der Waals surface area contributed by atoms with Crippen molar-refractivity contribution in [3.8, 4) is 11.5 Å². The zero-order chi connectivity index (χ0) is 28.7. The van der Waals surface area contributed by atoms with Crippen molar-refractivity contribution >= 4 is 11.4 Å². The van der Waals surface area contributed by atoms with Gasteiger partial charge in [-0.2, -0.15) is 0 Å². The van der Waals surface area contributed by atoms with Gasteiger partial charge < -0.3 is 0 Å². The molecule has 0 spiro atoms. The maximum atomic E-state index is 12.2. The number of fused-ring (bicyclic) bond motifs is 2. The number of nitrogens with zero attached hydrogens (tertiary/aromatic N) is 2. The van der Waals surface area contributed by atoms with E-state index in [-0.39, 0.29) is 53.8 Å². The second-order valence-corrected chi connectivity index (χ2v) is 19.7. The van der Waals surface area contributed by atoms with Crippen molar-refractivity contribution in [2.45, 2.75) is 33.9 Å². The van der Waals surface area contributed by atoms with Crippen LogP contribution in [-0.2, 0) is 21.1 Å². The number of nitro benzene ring substituents is 2. The fraction of sp³-hybridized carbons (Fsp3) is 0.375. The molecule has 0 heterocycles. The quantitative estimate of drug-likeness (QED) is 0.214. The first-order valence-corrected chi connectivity index (χ1v) is 19.2. The first-order chi connectivity index (χ1) is 19.8. The molecule has 6 rings (SSSR count). The van der Waals surface area contributed by atoms with Crippen LogP contribution in [0.1, 0.15) is 26.7 Å². The van der Waals surface area contributed by atoms with Crippen molar-refractivity contribution < 1.29 is 36.6 Å². The molecule has 0 N–H and O–H groups in total. The second kappa shape index (κ2) is 11.2. The number of para-hydroxylation sites is 4. The number of rotatable bonds is 8. The van der Waals surface area contributed by atoms with Crippen molar-refractivity contribution in [1.82, 2.24) is 0 Å². The summed E-state index contributed by atoms with van der Waals surface area (Å²) in [5.41, 5.74) is -0.218. The van der Waals surface area contributed by atoms with Gasteiger partial charge in [0.1, 0.15) is 0 Å². The van der Waals surface area contributed by atoms with Gasteiger partial charge in [-0.3, -0.25) is 0 Å². The van der Waals surface area contributed by atoms with Gasteiger partial charge in [0.15, 0.2) is 0 Å². The molecule has 8 atom stereocenters. The van der Waals surface area contributed by atoms with Crippen LogP contribution >= 0.6 is 0 Å². The Morgan fingerprint density at radius 2 is 1.05 bits per heavy atom. The van der Waals surface area contributed by atoms with Crippen LogP contribution in [0.5, 0.6) is 11.5 Å². The predicted octanol–water partition coefficient (Wildman–Crippen LogP) is 8.32. The number of benzene rings is 2. The van der Waals surface area contributed by atoms with Crippen LogP contribution in [0, 0.1) is 55.7 Å². The zero-order valence-electron chi connectivity index (χ0n) is 23.1. The van der Waals surface area contributed by atoms with Crippen LogP contribution in [-0.4, -0.2) is 9.85 Å². The van der Waals surface area contributed by atoms with E-state index in [9.17, 15) is 20.2 Å². The van der Waals surface area contributed by atoms with Crippen LogP contribution < -0.4 is 5.63 Å². The summed E-state index contributed by atoms with van der Waals surface area (Å²) >= 11 is -4.84. The average Bonchev–Trinajstić information content (AvgIpc) is 3.48. The summed E-state index contributed by atoms with van der Waals surface area (Å²) in [7, 11) is 0. The molecule has 0 aliphatic heterocycles. The molecule has 41 heavy (non-hydrogen) atoms. The summed E-state index contributed by atoms with van der Waals surface area (Å²) in [6, 6.07) is 13.0. The van der Waals surface area contributed by atoms with Gasteiger partial charge in [0.2, 0.25) is 0 Å². The first-order valence-electron chi connectivity index (χ1n) is 14.3. The van der Waals surface area contributed by atoms with Gasteiger partial charge in [-0.15, -0.1) is 0 Å². The van der Waals surface area contributed by atoms with Crippen LogP contribution in [0.25, 0.3) is 0 Å². The number of hydrogen-bond acceptors (Lipinski definition) is 6. The molecule has 0 bridgehead atoms. The Bertz CT molecular complexity index is 1360. The number of allylic oxidation sites excluding steroid dienone is 8. The number of nitro groups is 2. The Balaban J connectivity index is 1.61. The molecule has 2 aromatic carbocycles. The van der Waals surface area contributed by atoms with E-state index < -0.39 is 31.0 Å². The van der Waals surface area contributed by atoms with Crippen molar-refractivity contribution in [3.63, 3.8) is 0 Å². The van der Waals surface area contributed by atoms with Gasteiger partial charge in [0, 0.05) is 0 Å². The predicted molar refractivity (Wildman–Crippen MR) is 153 cm³/mol. The van der Waals surface area contributed by atoms with Gasteiger partial charge in [-0.25, -0.2) is 0 Å². The van der Waals surface area contributed by atoms with Gasteiger partial charge >= 0.3 is 246 Å². The molecule has 0 saturated heterocycles. The Hall–Kier alpha value is -3.32. The molecule has 2 fully saturated rings. The molecule has 8 nitrogen and oxygen atoms in total. The molecule has 0 radical (unpaired) electrons. The summed E-state index contributed by atoms with van der Waals surface area (Å²) in [4.78, 5) is 23.6. The fourth-order valence-corrected chi connectivity index (χ4v) is 22.1. The molecular weight excluding hydrogens is 600 g/mol. The summed E-state index contributed by atoms with van der Waals surface area (Å²) in [5, 5.41) is 24.4. The van der Waals surface area contributed by atoms with E-state index in [2.05, 4.69) is 62.5 Å². The molecule has 212 valence electrons. The SMILES string of the molecule is CC1CC2C=CC=CC2[CH]1[Zr]([O]c1ccccc1[N+](=O)[O-])([O]c1ccccc1[N+](=O)[O-])[CH]1C(C)CC2C=CC=CC21. The standard InChI is InChI=1S/2C10H13.2C6H5NO3.Zr/c2*1-8-6-9-4-2-3-5-10(9)7-8;2*8-6-4-2-1-3-5(6)7(9)10;/h2*2-6,8-10H,7H2,1H3;2*1-4,8H;/q;;;;+2/p-2. The minimum atomic E-state index is -4.84. The third kappa shape index (κ3) is 4.92. The summed E-state index contributed by atoms with van der Waals surface area (Å²) in [5.74, 6) is 1.66. The third-order valence-electron chi connectivity index (χ3n) is 9.53. The van der Waals surface area contributed by atoms with Crippen LogP contribution in [0.4, 0.5) is 11.4 Å². The molecule has 4 aliphatic carbocycles. The zero-order valence-corrected chi connectivity index (χ0v) is 25.6. The molecule has 0 aromatic heterocycles. The first kappa shape index (κ1) is 27.8. The van der Waals surface area contributed by atoms with E-state index in [0.29, 0.717) is 11.8 Å². The van der Waals surface area contributed by atoms with E-state index in [1.165, 1.54) is 12.1 Å². The van der Waals surface area contributed by atoms with Gasteiger partial charge in [-0.05, 0) is 0 Å². The normalized spacial score (nSPS) is 31.5. The van der Waals surface area contributed by atoms with Crippen LogP contribution in [0.3, 0.4) is 0 Å². The maximum absolute atomic E-state index is 12.2. The van der Waals surface area contributed by atoms with Crippen molar-refractivity contribution in [3.05, 3.63) is 117 Å². The Labute approximate surface area is 245 Å². The Kier molecular flexibility index (Phi) is 7.58. The molecular formula is C32H34N2O6Zr. The van der Waals surface area contributed by atoms with E-state index >= 15 is 0 Å². The van der Waals surface area contributed by atoms with Crippen molar-refractivity contribution in [2.75, 3.05) is 0 Å². The van der Waals surface area contributed by atoms with Crippen molar-refractivity contribution in [1.29, 1.82) is 0 Å². The fourth-order valence-electron chi connectivity index (χ4n) is 8.07. The van der Waals surface area contributed by atoms with Gasteiger partial charge in [-0.1, -0.05) is 0 Å². The molecule has 8 unspecified atom stereocenters.